The van der Waals surface area contributed by atoms with Crippen molar-refractivity contribution in [1.29, 1.82) is 0 Å². The summed E-state index contributed by atoms with van der Waals surface area (Å²) < 4.78 is 0. The summed E-state index contributed by atoms with van der Waals surface area (Å²) in [6.07, 6.45) is 9.88. The van der Waals surface area contributed by atoms with Gasteiger partial charge in [-0.1, -0.05) is 40.0 Å². The van der Waals surface area contributed by atoms with Crippen molar-refractivity contribution in [2.75, 3.05) is 0 Å². The van der Waals surface area contributed by atoms with Crippen molar-refractivity contribution >= 4 is 5.78 Å². The lowest BCUT2D eigenvalue weighted by molar-refractivity contribution is -0.131. The molecule has 3 saturated carbocycles. The fourth-order valence-corrected chi connectivity index (χ4v) is 4.98. The Hall–Kier alpha value is -0.330. The number of Topliss-reactive ketones (excluding diaryl/α,β-unsaturated/α-hetero) is 1. The van der Waals surface area contributed by atoms with Gasteiger partial charge in [0.1, 0.15) is 5.78 Å². The number of carbonyl (C=O) groups excluding carboxylic acids is 1. The molecule has 0 aliphatic heterocycles. The van der Waals surface area contributed by atoms with Gasteiger partial charge in [-0.2, -0.15) is 0 Å². The van der Waals surface area contributed by atoms with E-state index in [1.165, 1.54) is 44.9 Å². The molecule has 3 fully saturated rings. The summed E-state index contributed by atoms with van der Waals surface area (Å²) in [4.78, 5) is 12.8. The first kappa shape index (κ1) is 12.7. The predicted molar refractivity (Wildman–Crippen MR) is 74.3 cm³/mol. The fraction of sp³-hybridized carbons (Fsp3) is 0.941. The zero-order chi connectivity index (χ0) is 13.0. The van der Waals surface area contributed by atoms with Gasteiger partial charge in [0.15, 0.2) is 0 Å². The molecule has 3 rings (SSSR count). The van der Waals surface area contributed by atoms with Crippen LogP contribution in [0.5, 0.6) is 0 Å². The highest BCUT2D eigenvalue weighted by Gasteiger charge is 2.67. The molecule has 0 N–H and O–H groups in total. The van der Waals surface area contributed by atoms with Crippen molar-refractivity contribution in [3.05, 3.63) is 0 Å². The van der Waals surface area contributed by atoms with Gasteiger partial charge in [0.2, 0.25) is 0 Å². The fourth-order valence-electron chi connectivity index (χ4n) is 4.98. The first-order valence-electron chi connectivity index (χ1n) is 8.04. The Bertz CT molecular complexity index is 353. The lowest BCUT2D eigenvalue weighted by Gasteiger charge is -2.43. The molecule has 0 aromatic rings. The van der Waals surface area contributed by atoms with E-state index >= 15 is 0 Å². The van der Waals surface area contributed by atoms with Crippen LogP contribution in [0, 0.1) is 28.6 Å². The molecule has 3 aliphatic rings. The van der Waals surface area contributed by atoms with Crippen LogP contribution in [0.15, 0.2) is 0 Å². The van der Waals surface area contributed by atoms with E-state index < -0.39 is 0 Å². The second-order valence-electron chi connectivity index (χ2n) is 7.83. The summed E-state index contributed by atoms with van der Waals surface area (Å²) >= 11 is 0. The highest BCUT2D eigenvalue weighted by atomic mass is 16.1. The molecular weight excluding hydrogens is 220 g/mol. The molecule has 18 heavy (non-hydrogen) atoms. The van der Waals surface area contributed by atoms with E-state index in [0.29, 0.717) is 17.1 Å². The van der Waals surface area contributed by atoms with E-state index in [9.17, 15) is 4.79 Å². The average molecular weight is 248 g/mol. The smallest absolute Gasteiger partial charge is 0.139 e. The van der Waals surface area contributed by atoms with E-state index in [0.717, 1.165) is 18.3 Å². The van der Waals surface area contributed by atoms with Crippen LogP contribution in [0.4, 0.5) is 0 Å². The Morgan fingerprint density at radius 1 is 1.22 bits per heavy atom. The first-order valence-corrected chi connectivity index (χ1v) is 8.04. The number of hydrogen-bond acceptors (Lipinski definition) is 1. The molecule has 0 spiro atoms. The number of hydrogen-bond donors (Lipinski definition) is 0. The van der Waals surface area contributed by atoms with Crippen LogP contribution in [0.3, 0.4) is 0 Å². The van der Waals surface area contributed by atoms with Gasteiger partial charge in [-0.05, 0) is 48.9 Å². The molecule has 3 aliphatic carbocycles. The molecule has 0 amide bonds. The maximum Gasteiger partial charge on any atom is 0.139 e. The highest BCUT2D eigenvalue weighted by Crippen LogP contribution is 2.70. The molecule has 1 nitrogen and oxygen atoms in total. The molecule has 3 atom stereocenters. The van der Waals surface area contributed by atoms with Crippen LogP contribution in [0.2, 0.25) is 0 Å². The topological polar surface area (TPSA) is 17.1 Å². The minimum absolute atomic E-state index is 0.130. The van der Waals surface area contributed by atoms with Gasteiger partial charge in [-0.3, -0.25) is 4.79 Å². The van der Waals surface area contributed by atoms with Gasteiger partial charge in [0, 0.05) is 11.8 Å². The average Bonchev–Trinajstić information content (AvgIpc) is 3.19. The van der Waals surface area contributed by atoms with E-state index in [1.54, 1.807) is 0 Å². The van der Waals surface area contributed by atoms with Crippen molar-refractivity contribution in [2.45, 2.75) is 72.1 Å². The maximum absolute atomic E-state index is 12.8. The third-order valence-corrected chi connectivity index (χ3v) is 6.26. The minimum Gasteiger partial charge on any atom is -0.299 e. The molecule has 1 heteroatoms. The summed E-state index contributed by atoms with van der Waals surface area (Å²) in [5.41, 5.74) is 0.516. The highest BCUT2D eigenvalue weighted by molar-refractivity contribution is 5.88. The predicted octanol–water partition coefficient (Wildman–Crippen LogP) is 4.60. The van der Waals surface area contributed by atoms with Crippen molar-refractivity contribution in [2.24, 2.45) is 28.6 Å². The monoisotopic (exact) mass is 248 g/mol. The number of rotatable bonds is 5. The van der Waals surface area contributed by atoms with Gasteiger partial charge in [0.05, 0.1) is 0 Å². The molecule has 0 bridgehead atoms. The van der Waals surface area contributed by atoms with Gasteiger partial charge < -0.3 is 0 Å². The van der Waals surface area contributed by atoms with E-state index in [4.69, 9.17) is 0 Å². The maximum atomic E-state index is 12.8. The Kier molecular flexibility index (Phi) is 2.88. The van der Waals surface area contributed by atoms with Crippen molar-refractivity contribution < 1.29 is 4.79 Å². The van der Waals surface area contributed by atoms with E-state index in [1.807, 2.05) is 0 Å². The van der Waals surface area contributed by atoms with Crippen LogP contribution in [-0.2, 0) is 4.79 Å². The molecule has 0 saturated heterocycles. The van der Waals surface area contributed by atoms with Crippen molar-refractivity contribution in [3.8, 4) is 0 Å². The van der Waals surface area contributed by atoms with Crippen molar-refractivity contribution in [1.82, 2.24) is 0 Å². The molecule has 1 unspecified atom stereocenters. The Balaban J connectivity index is 1.73. The second kappa shape index (κ2) is 4.08. The Morgan fingerprint density at radius 3 is 2.56 bits per heavy atom. The van der Waals surface area contributed by atoms with Crippen LogP contribution in [0.1, 0.15) is 72.1 Å². The summed E-state index contributed by atoms with van der Waals surface area (Å²) in [6.45, 7) is 7.08. The molecule has 102 valence electrons. The summed E-state index contributed by atoms with van der Waals surface area (Å²) in [5.74, 6) is 2.94. The summed E-state index contributed by atoms with van der Waals surface area (Å²) in [7, 11) is 0. The molecule has 0 heterocycles. The third kappa shape index (κ3) is 1.85. The van der Waals surface area contributed by atoms with Crippen molar-refractivity contribution in [3.63, 3.8) is 0 Å². The van der Waals surface area contributed by atoms with Gasteiger partial charge in [0.25, 0.3) is 0 Å². The minimum atomic E-state index is 0.130. The molecule has 0 radical (unpaired) electrons. The van der Waals surface area contributed by atoms with Crippen LogP contribution in [-0.4, -0.2) is 5.78 Å². The summed E-state index contributed by atoms with van der Waals surface area (Å²) in [5, 5.41) is 0. The van der Waals surface area contributed by atoms with Gasteiger partial charge in [-0.25, -0.2) is 0 Å². The normalized spacial score (nSPS) is 41.3. The number of ketones is 1. The third-order valence-electron chi connectivity index (χ3n) is 6.26. The van der Waals surface area contributed by atoms with Gasteiger partial charge in [-0.15, -0.1) is 0 Å². The van der Waals surface area contributed by atoms with Crippen LogP contribution in [0.25, 0.3) is 0 Å². The largest absolute Gasteiger partial charge is 0.299 e. The SMILES string of the molecule is CCC1C(C)(C)CC[C@@H]2C[C@]12C(=O)CCC1CC1. The lowest BCUT2D eigenvalue weighted by Crippen LogP contribution is -2.40. The Labute approximate surface area is 112 Å². The summed E-state index contributed by atoms with van der Waals surface area (Å²) in [6, 6.07) is 0. The molecular formula is C17H28O. The zero-order valence-corrected chi connectivity index (χ0v) is 12.3. The van der Waals surface area contributed by atoms with E-state index in [-0.39, 0.29) is 5.41 Å². The number of carbonyl (C=O) groups is 1. The lowest BCUT2D eigenvalue weighted by atomic mass is 9.60. The van der Waals surface area contributed by atoms with Crippen LogP contribution < -0.4 is 0 Å². The second-order valence-corrected chi connectivity index (χ2v) is 7.83. The Morgan fingerprint density at radius 2 is 1.94 bits per heavy atom. The molecule has 0 aromatic carbocycles. The zero-order valence-electron chi connectivity index (χ0n) is 12.3. The first-order chi connectivity index (χ1) is 8.50. The van der Waals surface area contributed by atoms with E-state index in [2.05, 4.69) is 20.8 Å². The standard InChI is InChI=1S/C17H28O/c1-4-14-16(2,3)10-9-13-11-17(13,14)15(18)8-7-12-5-6-12/h12-14H,4-11H2,1-3H3/t13-,14?,17-/m1/s1. The quantitative estimate of drug-likeness (QED) is 0.695. The van der Waals surface area contributed by atoms with Gasteiger partial charge >= 0.3 is 0 Å². The molecule has 0 aromatic heterocycles. The van der Waals surface area contributed by atoms with Crippen LogP contribution >= 0.6 is 0 Å². The number of fused-ring (bicyclic) bond motifs is 1.